The maximum atomic E-state index is 13.5. The molecule has 2 unspecified atom stereocenters. The molecule has 4 rings (SSSR count). The Balaban J connectivity index is 1.66. The lowest BCUT2D eigenvalue weighted by molar-refractivity contribution is 0.00627. The van der Waals surface area contributed by atoms with Gasteiger partial charge in [0.2, 0.25) is 0 Å². The van der Waals surface area contributed by atoms with Crippen molar-refractivity contribution in [2.45, 2.75) is 6.23 Å². The van der Waals surface area contributed by atoms with E-state index in [1.54, 1.807) is 12.1 Å². The van der Waals surface area contributed by atoms with Gasteiger partial charge in [0.05, 0.1) is 16.8 Å². The van der Waals surface area contributed by atoms with Crippen LogP contribution in [0.25, 0.3) is 10.2 Å². The van der Waals surface area contributed by atoms with Crippen molar-refractivity contribution in [3.8, 4) is 0 Å². The van der Waals surface area contributed by atoms with Crippen molar-refractivity contribution in [3.05, 3.63) is 51.9 Å². The second-order valence-electron chi connectivity index (χ2n) is 5.78. The molecular weight excluding hydrogens is 346 g/mol. The number of ether oxygens (including phenoxy) is 1. The summed E-state index contributed by atoms with van der Waals surface area (Å²) < 4.78 is 5.75. The molecule has 1 aliphatic heterocycles. The molecule has 1 saturated heterocycles. The standard InChI is InChI=1S/C16H15N3O3S2/c1-18-9-14(22-15(20)13-7-4-8-23-13)19(21,10-18)16-17-11-5-2-3-6-12(11)24-16/h2-8,14H,9-10H2,1H3. The van der Waals surface area contributed by atoms with E-state index in [4.69, 9.17) is 4.74 Å². The number of para-hydroxylation sites is 1. The Morgan fingerprint density at radius 3 is 2.96 bits per heavy atom. The number of fused-ring (bicyclic) bond motifs is 1. The number of esters is 1. The van der Waals surface area contributed by atoms with Gasteiger partial charge >= 0.3 is 5.97 Å². The fraction of sp³-hybridized carbons (Fsp3) is 0.250. The van der Waals surface area contributed by atoms with Gasteiger partial charge in [-0.3, -0.25) is 4.65 Å². The number of hydrogen-bond donors (Lipinski definition) is 0. The van der Waals surface area contributed by atoms with E-state index in [1.165, 1.54) is 22.7 Å². The van der Waals surface area contributed by atoms with E-state index in [-0.39, 0.29) is 6.67 Å². The zero-order valence-corrected chi connectivity index (χ0v) is 14.5. The highest BCUT2D eigenvalue weighted by molar-refractivity contribution is 7.22. The maximum Gasteiger partial charge on any atom is 0.352 e. The van der Waals surface area contributed by atoms with Crippen LogP contribution in [0, 0.1) is 5.21 Å². The molecule has 8 heteroatoms. The van der Waals surface area contributed by atoms with E-state index in [1.807, 2.05) is 41.6 Å². The van der Waals surface area contributed by atoms with Crippen LogP contribution in [-0.4, -0.2) is 42.3 Å². The van der Waals surface area contributed by atoms with Gasteiger partial charge in [-0.2, -0.15) is 4.98 Å². The summed E-state index contributed by atoms with van der Waals surface area (Å²) in [7, 11) is 1.84. The molecule has 1 fully saturated rings. The van der Waals surface area contributed by atoms with Crippen LogP contribution in [0.15, 0.2) is 41.8 Å². The van der Waals surface area contributed by atoms with Gasteiger partial charge in [0, 0.05) is 0 Å². The SMILES string of the molecule is CN1CC(OC(=O)c2cccs2)[N+]([O-])(c2nc3ccccc3s2)C1. The maximum absolute atomic E-state index is 13.5. The predicted molar refractivity (Wildman–Crippen MR) is 95.8 cm³/mol. The number of quaternary nitrogens is 1. The first-order valence-electron chi connectivity index (χ1n) is 7.44. The van der Waals surface area contributed by atoms with Crippen LogP contribution in [0.5, 0.6) is 0 Å². The molecule has 2 aromatic heterocycles. The average molecular weight is 361 g/mol. The van der Waals surface area contributed by atoms with E-state index >= 15 is 0 Å². The van der Waals surface area contributed by atoms with Gasteiger partial charge in [0.25, 0.3) is 11.4 Å². The smallest absolute Gasteiger partial charge is 0.352 e. The normalized spacial score (nSPS) is 24.5. The fourth-order valence-electron chi connectivity index (χ4n) is 2.81. The van der Waals surface area contributed by atoms with Crippen molar-refractivity contribution in [2.24, 2.45) is 0 Å². The summed E-state index contributed by atoms with van der Waals surface area (Å²) in [6, 6.07) is 11.1. The van der Waals surface area contributed by atoms with Crippen molar-refractivity contribution in [1.82, 2.24) is 14.5 Å². The van der Waals surface area contributed by atoms with Crippen LogP contribution in [-0.2, 0) is 4.74 Å². The second kappa shape index (κ2) is 5.91. The van der Waals surface area contributed by atoms with Crippen LogP contribution in [0.2, 0.25) is 0 Å². The second-order valence-corrected chi connectivity index (χ2v) is 7.73. The third-order valence-corrected chi connectivity index (χ3v) is 5.95. The highest BCUT2D eigenvalue weighted by Crippen LogP contribution is 2.37. The Hall–Kier alpha value is -1.84. The van der Waals surface area contributed by atoms with E-state index in [2.05, 4.69) is 4.98 Å². The minimum absolute atomic E-state index is 0.211. The van der Waals surface area contributed by atoms with Gasteiger partial charge in [-0.15, -0.1) is 11.3 Å². The fourth-order valence-corrected chi connectivity index (χ4v) is 4.45. The minimum atomic E-state index is -0.815. The van der Waals surface area contributed by atoms with Crippen molar-refractivity contribution >= 4 is 44.0 Å². The molecule has 24 heavy (non-hydrogen) atoms. The molecule has 124 valence electrons. The van der Waals surface area contributed by atoms with E-state index < -0.39 is 16.8 Å². The Labute approximate surface area is 146 Å². The summed E-state index contributed by atoms with van der Waals surface area (Å²) >= 11 is 2.66. The number of rotatable bonds is 3. The van der Waals surface area contributed by atoms with Gasteiger partial charge < -0.3 is 9.94 Å². The van der Waals surface area contributed by atoms with E-state index in [0.717, 1.165) is 10.2 Å². The van der Waals surface area contributed by atoms with Crippen LogP contribution < -0.4 is 4.65 Å². The van der Waals surface area contributed by atoms with E-state index in [9.17, 15) is 10.0 Å². The van der Waals surface area contributed by atoms with Crippen LogP contribution >= 0.6 is 22.7 Å². The Morgan fingerprint density at radius 2 is 2.21 bits per heavy atom. The zero-order chi connectivity index (χ0) is 16.7. The Morgan fingerprint density at radius 1 is 1.38 bits per heavy atom. The summed E-state index contributed by atoms with van der Waals surface area (Å²) in [5.41, 5.74) is 0.795. The topological polar surface area (TPSA) is 65.5 Å². The van der Waals surface area contributed by atoms with Gasteiger partial charge in [0.1, 0.15) is 11.5 Å². The molecule has 0 radical (unpaired) electrons. The first-order valence-corrected chi connectivity index (χ1v) is 9.14. The molecule has 0 aliphatic carbocycles. The Bertz CT molecular complexity index is 847. The predicted octanol–water partition coefficient (Wildman–Crippen LogP) is 3.25. The Kier molecular flexibility index (Phi) is 3.86. The first kappa shape index (κ1) is 15.7. The minimum Gasteiger partial charge on any atom is -0.622 e. The number of carbonyl (C=O) groups excluding carboxylic acids is 1. The number of hydroxylamine groups is 2. The summed E-state index contributed by atoms with van der Waals surface area (Å²) in [4.78, 5) is 19.1. The molecule has 0 bridgehead atoms. The molecule has 2 atom stereocenters. The molecular formula is C16H15N3O3S2. The third kappa shape index (κ3) is 2.62. The van der Waals surface area contributed by atoms with Crippen molar-refractivity contribution in [1.29, 1.82) is 0 Å². The van der Waals surface area contributed by atoms with Gasteiger partial charge in [0.15, 0.2) is 0 Å². The number of hydrogen-bond acceptors (Lipinski definition) is 7. The zero-order valence-electron chi connectivity index (χ0n) is 12.9. The first-order chi connectivity index (χ1) is 11.6. The number of nitrogens with zero attached hydrogens (tertiary/aromatic N) is 3. The lowest BCUT2D eigenvalue weighted by Gasteiger charge is -2.38. The van der Waals surface area contributed by atoms with E-state index in [0.29, 0.717) is 16.6 Å². The lowest BCUT2D eigenvalue weighted by atomic mass is 10.3. The molecule has 1 aromatic carbocycles. The monoisotopic (exact) mass is 361 g/mol. The number of benzene rings is 1. The number of likely N-dealkylation sites (N-methyl/N-ethyl adjacent to an activating group) is 1. The summed E-state index contributed by atoms with van der Waals surface area (Å²) in [6.07, 6.45) is -0.815. The third-order valence-electron chi connectivity index (χ3n) is 3.96. The lowest BCUT2D eigenvalue weighted by Crippen LogP contribution is -2.50. The van der Waals surface area contributed by atoms with Crippen LogP contribution in [0.1, 0.15) is 9.67 Å². The highest BCUT2D eigenvalue weighted by Gasteiger charge is 2.45. The average Bonchev–Trinajstić information content (AvgIpc) is 3.27. The molecule has 3 heterocycles. The molecule has 0 amide bonds. The molecule has 3 aromatic rings. The number of thiophene rings is 1. The van der Waals surface area contributed by atoms with Crippen molar-refractivity contribution in [2.75, 3.05) is 20.3 Å². The molecule has 0 spiro atoms. The quantitative estimate of drug-likeness (QED) is 0.407. The van der Waals surface area contributed by atoms with Gasteiger partial charge in [-0.25, -0.2) is 9.69 Å². The largest absolute Gasteiger partial charge is 0.622 e. The van der Waals surface area contributed by atoms with Crippen molar-refractivity contribution in [3.63, 3.8) is 0 Å². The summed E-state index contributed by atoms with van der Waals surface area (Å²) in [5.74, 6) is -0.454. The number of aromatic nitrogens is 1. The van der Waals surface area contributed by atoms with Crippen LogP contribution in [0.4, 0.5) is 5.13 Å². The van der Waals surface area contributed by atoms with Crippen LogP contribution in [0.3, 0.4) is 0 Å². The highest BCUT2D eigenvalue weighted by atomic mass is 32.1. The van der Waals surface area contributed by atoms with Gasteiger partial charge in [-0.1, -0.05) is 29.5 Å². The van der Waals surface area contributed by atoms with Gasteiger partial charge in [-0.05, 0) is 30.6 Å². The number of thiazole rings is 1. The molecule has 0 saturated carbocycles. The summed E-state index contributed by atoms with van der Waals surface area (Å²) in [6.45, 7) is 0.596. The van der Waals surface area contributed by atoms with Crippen molar-refractivity contribution < 1.29 is 9.53 Å². The molecule has 0 N–H and O–H groups in total. The molecule has 1 aliphatic rings. The molecule has 6 nitrogen and oxygen atoms in total. The summed E-state index contributed by atoms with van der Waals surface area (Å²) in [5, 5.41) is 15.7. The number of carbonyl (C=O) groups is 1.